The molecule has 5 aliphatic rings. The second-order valence-corrected chi connectivity index (χ2v) is 15.5. The van der Waals surface area contributed by atoms with Crippen LogP contribution in [0.15, 0.2) is 30.0 Å². The van der Waals surface area contributed by atoms with E-state index in [-0.39, 0.29) is 24.2 Å². The quantitative estimate of drug-likeness (QED) is 0.456. The summed E-state index contributed by atoms with van der Waals surface area (Å²) in [7, 11) is 0. The van der Waals surface area contributed by atoms with Crippen molar-refractivity contribution >= 4 is 29.3 Å². The van der Waals surface area contributed by atoms with Crippen LogP contribution in [0.2, 0.25) is 0 Å². The van der Waals surface area contributed by atoms with Gasteiger partial charge in [-0.2, -0.15) is 5.10 Å². The number of fused-ring (bicyclic) bond motifs is 8. The monoisotopic (exact) mass is 610 g/mol. The number of nitrogens with zero attached hydrogens (tertiary/aromatic N) is 2. The Labute approximate surface area is 256 Å². The second kappa shape index (κ2) is 9.91. The lowest BCUT2D eigenvalue weighted by Crippen LogP contribution is -2.65. The van der Waals surface area contributed by atoms with Crippen LogP contribution >= 0.6 is 11.3 Å². The molecule has 7 nitrogen and oxygen atoms in total. The van der Waals surface area contributed by atoms with E-state index in [0.717, 1.165) is 23.3 Å². The molecule has 9 heteroatoms. The highest BCUT2D eigenvalue weighted by Crippen LogP contribution is 2.71. The molecule has 3 saturated carbocycles. The standard InChI is InChI=1S/C34H43FN2O5S/c1-6-20-9-10-21(43-20)8-7-11-37-26-13-24-25(35)12-22-23-14-29-34(28(40)18-38,42-31(2,3)41-29)33(23,5)16-27(39)30(22)32(24,4)15-19(26)17-36-37/h7-10,13,17,22-23,25,27,29-30,38-39H,6,11-12,14-16,18H2,1-5H3/b8-7+/t22-,23-,25-,27-,29+,30+,32-,33-,34+/m0/s1. The highest BCUT2D eigenvalue weighted by molar-refractivity contribution is 7.12. The average molecular weight is 611 g/mol. The number of ether oxygens (including phenoxy) is 2. The molecule has 4 aliphatic carbocycles. The molecule has 1 aliphatic heterocycles. The fourth-order valence-electron chi connectivity index (χ4n) is 10.1. The van der Waals surface area contributed by atoms with Crippen LogP contribution in [-0.4, -0.2) is 62.2 Å². The molecule has 232 valence electrons. The summed E-state index contributed by atoms with van der Waals surface area (Å²) in [4.78, 5) is 16.0. The first kappa shape index (κ1) is 29.5. The first-order valence-electron chi connectivity index (χ1n) is 15.7. The van der Waals surface area contributed by atoms with Gasteiger partial charge in [-0.1, -0.05) is 26.8 Å². The van der Waals surface area contributed by atoms with E-state index in [0.29, 0.717) is 25.8 Å². The number of aliphatic hydroxyl groups is 2. The maximum Gasteiger partial charge on any atom is 0.193 e. The minimum Gasteiger partial charge on any atom is -0.393 e. The number of ketones is 1. The molecular formula is C34H43FN2O5S. The van der Waals surface area contributed by atoms with Gasteiger partial charge in [0.2, 0.25) is 0 Å². The molecule has 43 heavy (non-hydrogen) atoms. The Balaban J connectivity index is 1.20. The summed E-state index contributed by atoms with van der Waals surface area (Å²) in [5.41, 5.74) is 0.0244. The first-order valence-corrected chi connectivity index (χ1v) is 16.5. The fourth-order valence-corrected chi connectivity index (χ4v) is 10.9. The molecular weight excluding hydrogens is 567 g/mol. The van der Waals surface area contributed by atoms with E-state index in [2.05, 4.69) is 43.2 Å². The molecule has 0 amide bonds. The number of alkyl halides is 1. The fraction of sp³-hybridized carbons (Fsp3) is 0.647. The summed E-state index contributed by atoms with van der Waals surface area (Å²) in [6, 6.07) is 4.30. The van der Waals surface area contributed by atoms with Crippen molar-refractivity contribution in [3.8, 4) is 0 Å². The normalized spacial score (nSPS) is 40.9. The maximum absolute atomic E-state index is 16.5. The van der Waals surface area contributed by atoms with Crippen LogP contribution < -0.4 is 0 Å². The zero-order valence-corrected chi connectivity index (χ0v) is 26.5. The van der Waals surface area contributed by atoms with Crippen molar-refractivity contribution in [1.29, 1.82) is 0 Å². The lowest BCUT2D eigenvalue weighted by molar-refractivity contribution is -0.228. The Hall–Kier alpha value is -2.17. The van der Waals surface area contributed by atoms with Crippen molar-refractivity contribution in [1.82, 2.24) is 9.78 Å². The zero-order valence-electron chi connectivity index (χ0n) is 25.7. The Bertz CT molecular complexity index is 1510. The third-order valence-electron chi connectivity index (χ3n) is 11.6. The average Bonchev–Trinajstić information content (AvgIpc) is 3.68. The topological polar surface area (TPSA) is 93.8 Å². The predicted molar refractivity (Wildman–Crippen MR) is 163 cm³/mol. The van der Waals surface area contributed by atoms with Gasteiger partial charge in [-0.25, -0.2) is 4.39 Å². The summed E-state index contributed by atoms with van der Waals surface area (Å²) in [5, 5.41) is 26.7. The largest absolute Gasteiger partial charge is 0.393 e. The van der Waals surface area contributed by atoms with Gasteiger partial charge in [0.05, 0.1) is 30.6 Å². The Morgan fingerprint density at radius 2 is 2.05 bits per heavy atom. The zero-order chi connectivity index (χ0) is 30.5. The summed E-state index contributed by atoms with van der Waals surface area (Å²) in [6.45, 7) is 9.77. The molecule has 0 aromatic carbocycles. The van der Waals surface area contributed by atoms with Crippen LogP contribution in [0.4, 0.5) is 4.39 Å². The predicted octanol–water partition coefficient (Wildman–Crippen LogP) is 5.38. The van der Waals surface area contributed by atoms with Gasteiger partial charge in [0.1, 0.15) is 12.8 Å². The molecule has 4 fully saturated rings. The molecule has 2 aromatic rings. The highest BCUT2D eigenvalue weighted by Gasteiger charge is 2.77. The number of aromatic nitrogens is 2. The molecule has 7 rings (SSSR count). The molecule has 2 aromatic heterocycles. The highest BCUT2D eigenvalue weighted by atomic mass is 32.1. The molecule has 0 radical (unpaired) electrons. The molecule has 3 heterocycles. The van der Waals surface area contributed by atoms with Crippen LogP contribution in [0.3, 0.4) is 0 Å². The van der Waals surface area contributed by atoms with Crippen molar-refractivity contribution in [2.24, 2.45) is 28.6 Å². The molecule has 0 bridgehead atoms. The van der Waals surface area contributed by atoms with Gasteiger partial charge < -0.3 is 19.7 Å². The second-order valence-electron chi connectivity index (χ2n) is 14.3. The van der Waals surface area contributed by atoms with Crippen LogP contribution in [0.25, 0.3) is 12.2 Å². The first-order chi connectivity index (χ1) is 20.4. The van der Waals surface area contributed by atoms with Crippen molar-refractivity contribution in [2.45, 2.75) is 103 Å². The van der Waals surface area contributed by atoms with E-state index in [1.54, 1.807) is 25.2 Å². The van der Waals surface area contributed by atoms with Gasteiger partial charge in [-0.15, -0.1) is 11.3 Å². The number of aryl methyl sites for hydroxylation is 1. The van der Waals surface area contributed by atoms with Gasteiger partial charge in [0, 0.05) is 20.6 Å². The van der Waals surface area contributed by atoms with Crippen molar-refractivity contribution < 1.29 is 28.9 Å². The number of rotatable bonds is 6. The Morgan fingerprint density at radius 3 is 2.77 bits per heavy atom. The lowest BCUT2D eigenvalue weighted by atomic mass is 9.45. The maximum atomic E-state index is 16.5. The summed E-state index contributed by atoms with van der Waals surface area (Å²) in [5.74, 6) is -1.83. The molecule has 1 saturated heterocycles. The number of halogens is 1. The molecule has 0 spiro atoms. The summed E-state index contributed by atoms with van der Waals surface area (Å²) < 4.78 is 31.1. The van der Waals surface area contributed by atoms with Crippen molar-refractivity contribution in [3.05, 3.63) is 51.0 Å². The third-order valence-corrected chi connectivity index (χ3v) is 12.8. The van der Waals surface area contributed by atoms with Crippen molar-refractivity contribution in [2.75, 3.05) is 6.61 Å². The van der Waals surface area contributed by atoms with E-state index in [4.69, 9.17) is 9.47 Å². The Kier molecular flexibility index (Phi) is 6.81. The molecule has 0 unspecified atom stereocenters. The van der Waals surface area contributed by atoms with Crippen LogP contribution in [-0.2, 0) is 33.7 Å². The molecule has 9 atom stereocenters. The van der Waals surface area contributed by atoms with Crippen LogP contribution in [0, 0.1) is 28.6 Å². The lowest BCUT2D eigenvalue weighted by Gasteiger charge is -2.61. The smallest absolute Gasteiger partial charge is 0.193 e. The SMILES string of the molecule is CCc1ccc(/C=C/Cn2ncc3c2C=C2[C@@H](F)C[C@@H]4[C@H]([C@@H](O)C[C@@]5(C)[C@H]4C[C@H]4OC(C)(C)O[C@]45C(=O)CO)[C@@]2(C)C3)s1. The Morgan fingerprint density at radius 1 is 1.26 bits per heavy atom. The number of thiophene rings is 1. The minimum absolute atomic E-state index is 0.0890. The third kappa shape index (κ3) is 4.11. The van der Waals surface area contributed by atoms with Gasteiger partial charge in [0.25, 0.3) is 0 Å². The minimum atomic E-state index is -1.36. The van der Waals surface area contributed by atoms with E-state index in [1.165, 1.54) is 9.75 Å². The number of allylic oxidation sites excluding steroid dienone is 2. The van der Waals surface area contributed by atoms with Gasteiger partial charge in [-0.3, -0.25) is 9.48 Å². The number of carbonyl (C=O) groups excluding carboxylic acids is 1. The number of hydrogen-bond donors (Lipinski definition) is 2. The van der Waals surface area contributed by atoms with Crippen molar-refractivity contribution in [3.63, 3.8) is 0 Å². The summed E-state index contributed by atoms with van der Waals surface area (Å²) in [6.07, 6.45) is 8.43. The number of aliphatic hydroxyl groups excluding tert-OH is 2. The van der Waals surface area contributed by atoms with Gasteiger partial charge in [-0.05, 0) is 99.1 Å². The number of Topliss-reactive ketones (excluding diaryl/α,β-unsaturated/α-hetero) is 1. The van der Waals surface area contributed by atoms with E-state index in [9.17, 15) is 15.0 Å². The van der Waals surface area contributed by atoms with Gasteiger partial charge >= 0.3 is 0 Å². The van der Waals surface area contributed by atoms with E-state index < -0.39 is 53.0 Å². The summed E-state index contributed by atoms with van der Waals surface area (Å²) >= 11 is 1.79. The van der Waals surface area contributed by atoms with Gasteiger partial charge in [0.15, 0.2) is 17.2 Å². The van der Waals surface area contributed by atoms with E-state index >= 15 is 4.39 Å². The van der Waals surface area contributed by atoms with Crippen LogP contribution in [0.5, 0.6) is 0 Å². The number of carbonyl (C=O) groups is 1. The number of hydrogen-bond acceptors (Lipinski definition) is 7. The van der Waals surface area contributed by atoms with Crippen LogP contribution in [0.1, 0.15) is 74.9 Å². The van der Waals surface area contributed by atoms with E-state index in [1.807, 2.05) is 23.9 Å². The molecule has 2 N–H and O–H groups in total.